The first-order chi connectivity index (χ1) is 17.5. The van der Waals surface area contributed by atoms with Crippen LogP contribution < -0.4 is 5.32 Å². The second-order valence-corrected chi connectivity index (χ2v) is 13.7. The van der Waals surface area contributed by atoms with Crippen molar-refractivity contribution in [3.05, 3.63) is 18.0 Å². The summed E-state index contributed by atoms with van der Waals surface area (Å²) in [7, 11) is 1.83. The molecule has 37 heavy (non-hydrogen) atoms. The number of nitrogens with one attached hydrogen (secondary N) is 1. The number of hydrogen-bond acceptors (Lipinski definition) is 6. The van der Waals surface area contributed by atoms with Gasteiger partial charge in [0.1, 0.15) is 6.61 Å². The van der Waals surface area contributed by atoms with Crippen LogP contribution in [0.3, 0.4) is 0 Å². The third-order valence-electron chi connectivity index (χ3n) is 11.5. The third kappa shape index (κ3) is 4.80. The quantitative estimate of drug-likeness (QED) is 0.517. The van der Waals surface area contributed by atoms with Crippen molar-refractivity contribution in [1.29, 1.82) is 0 Å². The van der Waals surface area contributed by atoms with Crippen molar-refractivity contribution in [1.82, 2.24) is 15.1 Å². The smallest absolute Gasteiger partial charge is 0.341 e. The van der Waals surface area contributed by atoms with Crippen molar-refractivity contribution in [3.8, 4) is 0 Å². The van der Waals surface area contributed by atoms with Crippen LogP contribution in [0.2, 0.25) is 0 Å². The van der Waals surface area contributed by atoms with Crippen LogP contribution in [0.1, 0.15) is 95.8 Å². The molecular formula is C30H47N3O4. The Morgan fingerprint density at radius 1 is 1.11 bits per heavy atom. The fourth-order valence-electron chi connectivity index (χ4n) is 9.15. The minimum Gasteiger partial charge on any atom is -0.460 e. The Morgan fingerprint density at radius 2 is 1.86 bits per heavy atom. The van der Waals surface area contributed by atoms with E-state index in [0.717, 1.165) is 44.4 Å². The molecule has 1 heterocycles. The van der Waals surface area contributed by atoms with E-state index in [0.29, 0.717) is 35.3 Å². The summed E-state index contributed by atoms with van der Waals surface area (Å²) in [6, 6.07) is 0.0809. The van der Waals surface area contributed by atoms with E-state index in [4.69, 9.17) is 4.74 Å². The molecule has 4 fully saturated rings. The maximum absolute atomic E-state index is 13.6. The first-order valence-corrected chi connectivity index (χ1v) is 14.6. The van der Waals surface area contributed by atoms with Gasteiger partial charge in [0.15, 0.2) is 5.78 Å². The maximum Gasteiger partial charge on any atom is 0.341 e. The van der Waals surface area contributed by atoms with E-state index in [1.54, 1.807) is 10.9 Å². The number of ketones is 1. The van der Waals surface area contributed by atoms with E-state index < -0.39 is 11.6 Å². The Kier molecular flexibility index (Phi) is 7.10. The van der Waals surface area contributed by atoms with Gasteiger partial charge in [0, 0.05) is 18.2 Å². The number of carbonyl (C=O) groups excluding carboxylic acids is 2. The molecule has 4 aliphatic carbocycles. The van der Waals surface area contributed by atoms with Gasteiger partial charge >= 0.3 is 5.97 Å². The molecule has 0 saturated heterocycles. The lowest BCUT2D eigenvalue weighted by atomic mass is 9.44. The lowest BCUT2D eigenvalue weighted by molar-refractivity contribution is -0.151. The van der Waals surface area contributed by atoms with Gasteiger partial charge in [0.05, 0.1) is 23.9 Å². The van der Waals surface area contributed by atoms with Gasteiger partial charge in [-0.3, -0.25) is 9.48 Å². The summed E-state index contributed by atoms with van der Waals surface area (Å²) >= 11 is 0. The molecule has 2 N–H and O–H groups in total. The molecule has 7 nitrogen and oxygen atoms in total. The first kappa shape index (κ1) is 26.9. The molecule has 7 heteroatoms. The number of nitrogens with zero attached hydrogens (tertiary/aromatic N) is 2. The standard InChI is InChI=1S/C30H47N3O4/c1-19(31-5)18-37-27(35)20-15-32-33(16-20)17-26(34)25-9-8-23-22-7-6-21-14-28(2,36)12-13-29(21,3)24(22)10-11-30(23,25)4/h15-16,19,21-25,31,36H,6-14,17-18H2,1-5H3/t19-,21-,22-,23-,24-,25+,28+,29-,30-/m0/s1. The normalized spacial score (nSPS) is 41.8. The van der Waals surface area contributed by atoms with Crippen LogP contribution in [0, 0.1) is 40.4 Å². The summed E-state index contributed by atoms with van der Waals surface area (Å²) in [6.07, 6.45) is 13.1. The largest absolute Gasteiger partial charge is 0.460 e. The number of aliphatic hydroxyl groups is 1. The lowest BCUT2D eigenvalue weighted by Crippen LogP contribution is -2.55. The third-order valence-corrected chi connectivity index (χ3v) is 11.5. The van der Waals surface area contributed by atoms with Gasteiger partial charge in [0.25, 0.3) is 0 Å². The molecule has 206 valence electrons. The van der Waals surface area contributed by atoms with E-state index in [-0.39, 0.29) is 29.7 Å². The minimum absolute atomic E-state index is 0.0554. The molecular weight excluding hydrogens is 466 g/mol. The number of Topliss-reactive ketones (excluding diaryl/α,β-unsaturated/α-hetero) is 1. The van der Waals surface area contributed by atoms with Crippen LogP contribution >= 0.6 is 0 Å². The molecule has 0 spiro atoms. The van der Waals surface area contributed by atoms with Gasteiger partial charge in [-0.05, 0) is 113 Å². The number of ether oxygens (including phenoxy) is 1. The van der Waals surface area contributed by atoms with E-state index in [1.165, 1.54) is 25.5 Å². The molecule has 0 unspecified atom stereocenters. The number of carbonyl (C=O) groups is 2. The SMILES string of the molecule is CN[C@@H](C)COC(=O)c1cnn(CC(=O)[C@H]2CC[C@H]3[C@@H]4CC[C@H]5C[C@](C)(O)CC[C@]5(C)[C@H]4CC[C@]23C)c1. The van der Waals surface area contributed by atoms with Gasteiger partial charge in [-0.1, -0.05) is 13.8 Å². The maximum atomic E-state index is 13.6. The topological polar surface area (TPSA) is 93.5 Å². The second-order valence-electron chi connectivity index (χ2n) is 13.7. The van der Waals surface area contributed by atoms with E-state index in [2.05, 4.69) is 24.3 Å². The predicted molar refractivity (Wildman–Crippen MR) is 142 cm³/mol. The first-order valence-electron chi connectivity index (χ1n) is 14.6. The Bertz CT molecular complexity index is 1020. The van der Waals surface area contributed by atoms with E-state index in [9.17, 15) is 14.7 Å². The fraction of sp³-hybridized carbons (Fsp3) is 0.833. The van der Waals surface area contributed by atoms with Gasteiger partial charge < -0.3 is 15.2 Å². The molecule has 0 radical (unpaired) electrons. The van der Waals surface area contributed by atoms with Crippen molar-refractivity contribution in [2.24, 2.45) is 40.4 Å². The fourth-order valence-corrected chi connectivity index (χ4v) is 9.15. The number of fused-ring (bicyclic) bond motifs is 5. The molecule has 0 amide bonds. The lowest BCUT2D eigenvalue weighted by Gasteiger charge is -2.61. The minimum atomic E-state index is -0.501. The summed E-state index contributed by atoms with van der Waals surface area (Å²) < 4.78 is 6.95. The highest BCUT2D eigenvalue weighted by Crippen LogP contribution is 2.68. The van der Waals surface area contributed by atoms with Gasteiger partial charge in [0.2, 0.25) is 0 Å². The highest BCUT2D eigenvalue weighted by molar-refractivity contribution is 5.89. The molecule has 0 aromatic carbocycles. The zero-order valence-corrected chi connectivity index (χ0v) is 23.5. The Morgan fingerprint density at radius 3 is 2.62 bits per heavy atom. The summed E-state index contributed by atoms with van der Waals surface area (Å²) in [6.45, 7) is 9.39. The zero-order valence-electron chi connectivity index (χ0n) is 23.5. The summed E-state index contributed by atoms with van der Waals surface area (Å²) in [4.78, 5) is 26.0. The monoisotopic (exact) mass is 513 g/mol. The van der Waals surface area contributed by atoms with Crippen molar-refractivity contribution in [2.75, 3.05) is 13.7 Å². The number of aromatic nitrogens is 2. The second kappa shape index (κ2) is 9.78. The molecule has 4 saturated carbocycles. The average molecular weight is 514 g/mol. The molecule has 9 atom stereocenters. The van der Waals surface area contributed by atoms with Crippen molar-refractivity contribution < 1.29 is 19.4 Å². The van der Waals surface area contributed by atoms with Crippen LogP contribution in [0.25, 0.3) is 0 Å². The van der Waals surface area contributed by atoms with Gasteiger partial charge in [-0.15, -0.1) is 0 Å². The van der Waals surface area contributed by atoms with Crippen LogP contribution in [0.4, 0.5) is 0 Å². The highest BCUT2D eigenvalue weighted by atomic mass is 16.5. The average Bonchev–Trinajstić information content (AvgIpc) is 3.46. The number of likely N-dealkylation sites (N-methyl/N-ethyl adjacent to an activating group) is 1. The molecule has 0 bridgehead atoms. The van der Waals surface area contributed by atoms with Crippen molar-refractivity contribution >= 4 is 11.8 Å². The highest BCUT2D eigenvalue weighted by Gasteiger charge is 2.61. The summed E-state index contributed by atoms with van der Waals surface area (Å²) in [5.41, 5.74) is 0.280. The van der Waals surface area contributed by atoms with E-state index >= 15 is 0 Å². The number of hydrogen-bond donors (Lipinski definition) is 2. The van der Waals surface area contributed by atoms with Crippen LogP contribution in [0.5, 0.6) is 0 Å². The molecule has 0 aliphatic heterocycles. The predicted octanol–water partition coefficient (Wildman–Crippen LogP) is 4.63. The molecule has 1 aromatic heterocycles. The van der Waals surface area contributed by atoms with E-state index in [1.807, 2.05) is 20.9 Å². The van der Waals surface area contributed by atoms with Crippen molar-refractivity contribution in [2.45, 2.75) is 104 Å². The number of rotatable bonds is 7. The Labute approximate surface area is 222 Å². The summed E-state index contributed by atoms with van der Waals surface area (Å²) in [5.74, 6) is 2.57. The van der Waals surface area contributed by atoms with Crippen LogP contribution in [-0.2, 0) is 16.1 Å². The molecule has 5 rings (SSSR count). The Hall–Kier alpha value is -1.73. The van der Waals surface area contributed by atoms with Gasteiger partial charge in [-0.2, -0.15) is 5.10 Å². The van der Waals surface area contributed by atoms with Crippen LogP contribution in [0.15, 0.2) is 12.4 Å². The number of esters is 1. The zero-order chi connectivity index (χ0) is 26.6. The molecule has 1 aromatic rings. The van der Waals surface area contributed by atoms with Gasteiger partial charge in [-0.25, -0.2) is 4.79 Å². The molecule has 4 aliphatic rings. The van der Waals surface area contributed by atoms with Crippen molar-refractivity contribution in [3.63, 3.8) is 0 Å². The van der Waals surface area contributed by atoms with Crippen LogP contribution in [-0.4, -0.2) is 51.9 Å². The Balaban J connectivity index is 1.24. The summed E-state index contributed by atoms with van der Waals surface area (Å²) in [5, 5.41) is 18.1.